The molecule has 0 aliphatic carbocycles. The van der Waals surface area contributed by atoms with Crippen molar-refractivity contribution >= 4 is 43.8 Å². The summed E-state index contributed by atoms with van der Waals surface area (Å²) in [6.07, 6.45) is 2.76. The number of benzene rings is 2. The molecule has 9 heteroatoms. The molecule has 0 atom stereocenters. The van der Waals surface area contributed by atoms with Crippen LogP contribution in [0.15, 0.2) is 59.8 Å². The largest absolute Gasteiger partial charge is 0.279 e. The number of sulfonamides is 1. The molecule has 0 saturated heterocycles. The monoisotopic (exact) mass is 363 g/mol. The highest BCUT2D eigenvalue weighted by molar-refractivity contribution is 7.92. The Balaban J connectivity index is 2.09. The van der Waals surface area contributed by atoms with Crippen LogP contribution in [-0.4, -0.2) is 18.3 Å². The molecule has 1 heterocycles. The van der Waals surface area contributed by atoms with E-state index in [2.05, 4.69) is 9.71 Å². The fourth-order valence-corrected chi connectivity index (χ4v) is 3.45. The Morgan fingerprint density at radius 1 is 1.04 bits per heavy atom. The number of pyridine rings is 1. The number of rotatable bonds is 4. The molecule has 0 amide bonds. The van der Waals surface area contributed by atoms with Crippen molar-refractivity contribution in [1.29, 1.82) is 0 Å². The number of nitro benzene ring substituents is 1. The number of hydrogen-bond acceptors (Lipinski definition) is 5. The van der Waals surface area contributed by atoms with Crippen LogP contribution in [0.1, 0.15) is 0 Å². The minimum atomic E-state index is -3.85. The van der Waals surface area contributed by atoms with Gasteiger partial charge < -0.3 is 0 Å². The van der Waals surface area contributed by atoms with Gasteiger partial charge in [-0.05, 0) is 36.4 Å². The average molecular weight is 364 g/mol. The Labute approximate surface area is 142 Å². The number of halogens is 1. The maximum Gasteiger partial charge on any atom is 0.278 e. The molecule has 1 N–H and O–H groups in total. The molecule has 0 aliphatic heterocycles. The summed E-state index contributed by atoms with van der Waals surface area (Å²) in [5.74, 6) is 0. The van der Waals surface area contributed by atoms with Crippen LogP contribution >= 0.6 is 11.6 Å². The summed E-state index contributed by atoms with van der Waals surface area (Å²) < 4.78 is 27.4. The Morgan fingerprint density at radius 3 is 2.42 bits per heavy atom. The fourth-order valence-electron chi connectivity index (χ4n) is 2.24. The van der Waals surface area contributed by atoms with Gasteiger partial charge in [0.2, 0.25) is 0 Å². The minimum Gasteiger partial charge on any atom is -0.279 e. The molecular formula is C15H10ClN3O4S. The van der Waals surface area contributed by atoms with Crippen molar-refractivity contribution in [2.24, 2.45) is 0 Å². The van der Waals surface area contributed by atoms with Gasteiger partial charge in [-0.1, -0.05) is 11.6 Å². The Hall–Kier alpha value is -2.71. The first-order valence-corrected chi connectivity index (χ1v) is 8.54. The number of hydrogen-bond donors (Lipinski definition) is 1. The average Bonchev–Trinajstić information content (AvgIpc) is 2.55. The van der Waals surface area contributed by atoms with Crippen molar-refractivity contribution in [3.05, 3.63) is 70.0 Å². The van der Waals surface area contributed by atoms with Crippen LogP contribution in [0.25, 0.3) is 10.8 Å². The predicted octanol–water partition coefficient (Wildman–Crippen LogP) is 3.60. The maximum atomic E-state index is 12.5. The summed E-state index contributed by atoms with van der Waals surface area (Å²) in [6, 6.07) is 9.79. The van der Waals surface area contributed by atoms with Crippen molar-refractivity contribution in [2.75, 3.05) is 4.72 Å². The number of aromatic nitrogens is 1. The highest BCUT2D eigenvalue weighted by Gasteiger charge is 2.19. The van der Waals surface area contributed by atoms with Gasteiger partial charge in [0.15, 0.2) is 0 Å². The molecule has 0 fully saturated rings. The zero-order valence-electron chi connectivity index (χ0n) is 12.0. The third-order valence-electron chi connectivity index (χ3n) is 3.36. The third kappa shape index (κ3) is 3.01. The van der Waals surface area contributed by atoms with Gasteiger partial charge in [0.25, 0.3) is 15.7 Å². The van der Waals surface area contributed by atoms with Gasteiger partial charge >= 0.3 is 0 Å². The standard InChI is InChI=1S/C15H10ClN3O4S/c16-10-1-3-11(4-2-10)24(22,23)18-14-5-6-15(19(20)21)13-9-17-8-7-12(13)14/h1-9,18H. The number of nitrogens with one attached hydrogen (secondary N) is 1. The summed E-state index contributed by atoms with van der Waals surface area (Å²) in [6.45, 7) is 0. The number of nitro groups is 1. The number of fused-ring (bicyclic) bond motifs is 1. The molecule has 2 aromatic carbocycles. The van der Waals surface area contributed by atoms with E-state index in [9.17, 15) is 18.5 Å². The van der Waals surface area contributed by atoms with E-state index in [0.29, 0.717) is 10.4 Å². The van der Waals surface area contributed by atoms with Crippen LogP contribution in [0.4, 0.5) is 11.4 Å². The lowest BCUT2D eigenvalue weighted by atomic mass is 10.1. The molecule has 0 radical (unpaired) electrons. The highest BCUT2D eigenvalue weighted by atomic mass is 35.5. The molecule has 0 unspecified atom stereocenters. The number of nitrogens with zero attached hydrogens (tertiary/aromatic N) is 2. The van der Waals surface area contributed by atoms with E-state index in [1.807, 2.05) is 0 Å². The summed E-state index contributed by atoms with van der Waals surface area (Å²) in [7, 11) is -3.85. The SMILES string of the molecule is O=[N+]([O-])c1ccc(NS(=O)(=O)c2ccc(Cl)cc2)c2ccncc12. The topological polar surface area (TPSA) is 102 Å². The second-order valence-corrected chi connectivity index (χ2v) is 6.99. The second-order valence-electron chi connectivity index (χ2n) is 4.87. The molecule has 3 aromatic rings. The van der Waals surface area contributed by atoms with Crippen molar-refractivity contribution in [2.45, 2.75) is 4.90 Å². The van der Waals surface area contributed by atoms with Crippen molar-refractivity contribution in [3.8, 4) is 0 Å². The molecule has 24 heavy (non-hydrogen) atoms. The van der Waals surface area contributed by atoms with Gasteiger partial charge in [0.1, 0.15) is 0 Å². The summed E-state index contributed by atoms with van der Waals surface area (Å²) in [4.78, 5) is 14.5. The Kier molecular flexibility index (Phi) is 4.08. The Bertz CT molecular complexity index is 1040. The predicted molar refractivity (Wildman–Crippen MR) is 90.7 cm³/mol. The van der Waals surface area contributed by atoms with Crippen LogP contribution in [0, 0.1) is 10.1 Å². The number of anilines is 1. The normalized spacial score (nSPS) is 11.4. The third-order valence-corrected chi connectivity index (χ3v) is 4.99. The van der Waals surface area contributed by atoms with E-state index in [-0.39, 0.29) is 21.7 Å². The smallest absolute Gasteiger partial charge is 0.278 e. The summed E-state index contributed by atoms with van der Waals surface area (Å²) in [5, 5.41) is 12.1. The van der Waals surface area contributed by atoms with Crippen LogP contribution in [0.5, 0.6) is 0 Å². The fraction of sp³-hybridized carbons (Fsp3) is 0. The van der Waals surface area contributed by atoms with Crippen molar-refractivity contribution in [3.63, 3.8) is 0 Å². The highest BCUT2D eigenvalue weighted by Crippen LogP contribution is 2.32. The maximum absolute atomic E-state index is 12.5. The van der Waals surface area contributed by atoms with E-state index in [0.717, 1.165) is 0 Å². The molecule has 3 rings (SSSR count). The van der Waals surface area contributed by atoms with E-state index < -0.39 is 14.9 Å². The van der Waals surface area contributed by atoms with Gasteiger partial charge in [-0.25, -0.2) is 8.42 Å². The molecule has 1 aromatic heterocycles. The van der Waals surface area contributed by atoms with Gasteiger partial charge in [0.05, 0.1) is 20.9 Å². The molecule has 7 nitrogen and oxygen atoms in total. The van der Waals surface area contributed by atoms with Gasteiger partial charge in [0, 0.05) is 28.9 Å². The van der Waals surface area contributed by atoms with Crippen molar-refractivity contribution in [1.82, 2.24) is 4.98 Å². The van der Waals surface area contributed by atoms with Gasteiger partial charge in [-0.15, -0.1) is 0 Å². The lowest BCUT2D eigenvalue weighted by molar-refractivity contribution is -0.383. The Morgan fingerprint density at radius 2 is 1.75 bits per heavy atom. The molecule has 122 valence electrons. The summed E-state index contributed by atoms with van der Waals surface area (Å²) in [5.41, 5.74) is 0.0838. The number of non-ortho nitro benzene ring substituents is 1. The first kappa shape index (κ1) is 16.2. The lowest BCUT2D eigenvalue weighted by Gasteiger charge is -2.11. The van der Waals surface area contributed by atoms with Crippen LogP contribution in [-0.2, 0) is 10.0 Å². The molecule has 0 saturated carbocycles. The van der Waals surface area contributed by atoms with Crippen LogP contribution in [0.3, 0.4) is 0 Å². The molecule has 0 aliphatic rings. The molecule has 0 spiro atoms. The van der Waals surface area contributed by atoms with Crippen LogP contribution in [0.2, 0.25) is 5.02 Å². The van der Waals surface area contributed by atoms with Crippen LogP contribution < -0.4 is 4.72 Å². The lowest BCUT2D eigenvalue weighted by Crippen LogP contribution is -2.13. The van der Waals surface area contributed by atoms with E-state index >= 15 is 0 Å². The van der Waals surface area contributed by atoms with E-state index in [1.54, 1.807) is 0 Å². The minimum absolute atomic E-state index is 0.0347. The first-order chi connectivity index (χ1) is 11.4. The zero-order chi connectivity index (χ0) is 17.3. The van der Waals surface area contributed by atoms with Crippen molar-refractivity contribution < 1.29 is 13.3 Å². The molecule has 0 bridgehead atoms. The zero-order valence-corrected chi connectivity index (χ0v) is 13.6. The van der Waals surface area contributed by atoms with E-state index in [4.69, 9.17) is 11.6 Å². The summed E-state index contributed by atoms with van der Waals surface area (Å²) >= 11 is 5.76. The van der Waals surface area contributed by atoms with E-state index in [1.165, 1.54) is 54.9 Å². The quantitative estimate of drug-likeness (QED) is 0.563. The van der Waals surface area contributed by atoms with Gasteiger partial charge in [-0.3, -0.25) is 19.8 Å². The molecular weight excluding hydrogens is 354 g/mol. The second kappa shape index (κ2) is 6.06. The first-order valence-electron chi connectivity index (χ1n) is 6.68. The van der Waals surface area contributed by atoms with Gasteiger partial charge in [-0.2, -0.15) is 0 Å².